The van der Waals surface area contributed by atoms with Crippen LogP contribution in [0.2, 0.25) is 5.02 Å². The van der Waals surface area contributed by atoms with Gasteiger partial charge in [0.2, 0.25) is 0 Å². The van der Waals surface area contributed by atoms with Crippen molar-refractivity contribution in [3.05, 3.63) is 65.4 Å². The maximum Gasteiger partial charge on any atom is 0.318 e. The minimum atomic E-state index is -1.08. The van der Waals surface area contributed by atoms with Gasteiger partial charge in [-0.05, 0) is 43.3 Å². The summed E-state index contributed by atoms with van der Waals surface area (Å²) in [4.78, 5) is 15.1. The lowest BCUT2D eigenvalue weighted by molar-refractivity contribution is 0.245. The highest BCUT2D eigenvalue weighted by Crippen LogP contribution is 2.39. The molecule has 9 heteroatoms. The number of hydrogen-bond donors (Lipinski definition) is 1. The molecule has 1 aliphatic rings. The molecule has 1 aliphatic heterocycles. The van der Waals surface area contributed by atoms with Gasteiger partial charge in [-0.1, -0.05) is 17.7 Å². The molecule has 3 heterocycles. The Bertz CT molecular complexity index is 1300. The highest BCUT2D eigenvalue weighted by molar-refractivity contribution is 6.30. The summed E-state index contributed by atoms with van der Waals surface area (Å²) >= 11 is 6.08. The second kappa shape index (κ2) is 7.64. The minimum Gasteiger partial charge on any atom is -0.464 e. The maximum absolute atomic E-state index is 11.4. The van der Waals surface area contributed by atoms with E-state index in [1.54, 1.807) is 27.9 Å². The number of aliphatic hydroxyl groups is 1. The van der Waals surface area contributed by atoms with E-state index in [-0.39, 0.29) is 6.01 Å². The second-order valence-electron chi connectivity index (χ2n) is 7.09. The Morgan fingerprint density at radius 2 is 1.97 bits per heavy atom. The van der Waals surface area contributed by atoms with Crippen molar-refractivity contribution < 1.29 is 9.84 Å². The topological polar surface area (TPSA) is 88.7 Å². The molecule has 1 atom stereocenters. The fourth-order valence-corrected chi connectivity index (χ4v) is 3.74. The van der Waals surface area contributed by atoms with Crippen LogP contribution >= 0.6 is 11.6 Å². The summed E-state index contributed by atoms with van der Waals surface area (Å²) in [6.45, 7) is 2.29. The molecule has 156 valence electrons. The predicted molar refractivity (Wildman–Crippen MR) is 120 cm³/mol. The largest absolute Gasteiger partial charge is 0.464 e. The van der Waals surface area contributed by atoms with Crippen LogP contribution in [-0.4, -0.2) is 43.4 Å². The summed E-state index contributed by atoms with van der Waals surface area (Å²) in [5.74, 6) is 0.458. The number of benzene rings is 2. The van der Waals surface area contributed by atoms with Crippen LogP contribution in [0.15, 0.2) is 59.9 Å². The van der Waals surface area contributed by atoms with Crippen LogP contribution in [0.5, 0.6) is 6.01 Å². The van der Waals surface area contributed by atoms with Gasteiger partial charge in [0.05, 0.1) is 24.0 Å². The van der Waals surface area contributed by atoms with E-state index in [1.807, 2.05) is 50.5 Å². The number of aliphatic hydroxyl groups excluding tert-OH is 1. The van der Waals surface area contributed by atoms with E-state index in [2.05, 4.69) is 15.1 Å². The van der Waals surface area contributed by atoms with Crippen molar-refractivity contribution in [2.75, 3.05) is 11.5 Å². The van der Waals surface area contributed by atoms with E-state index in [9.17, 15) is 5.11 Å². The molecule has 1 N–H and O–H groups in total. The molecule has 2 aromatic carbocycles. The highest BCUT2D eigenvalue weighted by Gasteiger charge is 2.33. The Morgan fingerprint density at radius 3 is 2.74 bits per heavy atom. The Labute approximate surface area is 183 Å². The average Bonchev–Trinajstić information content (AvgIpc) is 3.14. The average molecular weight is 435 g/mol. The standard InChI is InChI=1S/C22H19ClN6O2/c1-3-31-22-24-11-18-20(26-22)29(16-7-5-15(23)6-8-16)21(30)19(25-18)13-4-9-17-14(10-13)12-28(2)27-17/h4-12,21,30H,3H2,1-2H3. The second-order valence-corrected chi connectivity index (χ2v) is 7.52. The summed E-state index contributed by atoms with van der Waals surface area (Å²) in [5.41, 5.74) is 3.39. The third-order valence-corrected chi connectivity index (χ3v) is 5.23. The van der Waals surface area contributed by atoms with Gasteiger partial charge in [0, 0.05) is 34.9 Å². The molecule has 0 bridgehead atoms. The fourth-order valence-electron chi connectivity index (χ4n) is 3.62. The van der Waals surface area contributed by atoms with Gasteiger partial charge >= 0.3 is 6.01 Å². The molecular formula is C22H19ClN6O2. The van der Waals surface area contributed by atoms with Gasteiger partial charge in [0.15, 0.2) is 12.0 Å². The van der Waals surface area contributed by atoms with Crippen LogP contribution in [-0.2, 0) is 7.05 Å². The number of hydrogen-bond acceptors (Lipinski definition) is 7. The van der Waals surface area contributed by atoms with Crippen molar-refractivity contribution in [1.82, 2.24) is 19.7 Å². The number of halogens is 1. The van der Waals surface area contributed by atoms with Crippen molar-refractivity contribution in [3.8, 4) is 6.01 Å². The van der Waals surface area contributed by atoms with E-state index in [4.69, 9.17) is 21.3 Å². The summed E-state index contributed by atoms with van der Waals surface area (Å²) in [6.07, 6.45) is 2.45. The first-order valence-electron chi connectivity index (χ1n) is 9.78. The van der Waals surface area contributed by atoms with E-state index in [0.717, 1.165) is 16.5 Å². The zero-order chi connectivity index (χ0) is 21.5. The monoisotopic (exact) mass is 434 g/mol. The molecule has 2 aromatic heterocycles. The van der Waals surface area contributed by atoms with Gasteiger partial charge in [-0.15, -0.1) is 0 Å². The maximum atomic E-state index is 11.4. The molecule has 0 spiro atoms. The molecule has 0 saturated carbocycles. The Kier molecular flexibility index (Phi) is 4.80. The Balaban J connectivity index is 1.67. The van der Waals surface area contributed by atoms with Gasteiger partial charge in [0.1, 0.15) is 5.69 Å². The number of fused-ring (bicyclic) bond motifs is 2. The summed E-state index contributed by atoms with van der Waals surface area (Å²) in [7, 11) is 1.87. The molecular weight excluding hydrogens is 416 g/mol. The molecule has 1 unspecified atom stereocenters. The Hall–Kier alpha value is -3.49. The van der Waals surface area contributed by atoms with Crippen molar-refractivity contribution in [2.45, 2.75) is 13.2 Å². The first-order valence-corrected chi connectivity index (χ1v) is 10.2. The van der Waals surface area contributed by atoms with Crippen molar-refractivity contribution in [1.29, 1.82) is 0 Å². The van der Waals surface area contributed by atoms with Crippen LogP contribution in [0.3, 0.4) is 0 Å². The van der Waals surface area contributed by atoms with Crippen LogP contribution in [0, 0.1) is 0 Å². The van der Waals surface area contributed by atoms with Crippen molar-refractivity contribution >= 4 is 45.4 Å². The van der Waals surface area contributed by atoms with Crippen LogP contribution < -0.4 is 9.64 Å². The summed E-state index contributed by atoms with van der Waals surface area (Å²) in [5, 5.41) is 17.4. The predicted octanol–water partition coefficient (Wildman–Crippen LogP) is 4.01. The van der Waals surface area contributed by atoms with Gasteiger partial charge in [-0.3, -0.25) is 9.58 Å². The molecule has 0 saturated heterocycles. The number of aryl methyl sites for hydroxylation is 1. The molecule has 5 rings (SSSR count). The van der Waals surface area contributed by atoms with Crippen LogP contribution in [0.4, 0.5) is 17.2 Å². The third-order valence-electron chi connectivity index (χ3n) is 4.98. The number of aromatic nitrogens is 4. The molecule has 0 aliphatic carbocycles. The lowest BCUT2D eigenvalue weighted by atomic mass is 10.0. The number of anilines is 2. The van der Waals surface area contributed by atoms with Crippen LogP contribution in [0.25, 0.3) is 10.9 Å². The van der Waals surface area contributed by atoms with Gasteiger partial charge in [-0.2, -0.15) is 10.1 Å². The quantitative estimate of drug-likeness (QED) is 0.522. The molecule has 4 aromatic rings. The first kappa shape index (κ1) is 19.5. The Morgan fingerprint density at radius 1 is 1.16 bits per heavy atom. The lowest BCUT2D eigenvalue weighted by Gasteiger charge is -2.34. The molecule has 31 heavy (non-hydrogen) atoms. The third kappa shape index (κ3) is 3.49. The first-order chi connectivity index (χ1) is 15.0. The minimum absolute atomic E-state index is 0.225. The van der Waals surface area contributed by atoms with Crippen molar-refractivity contribution in [2.24, 2.45) is 12.0 Å². The number of aliphatic imine (C=N–C) groups is 1. The summed E-state index contributed by atoms with van der Waals surface area (Å²) < 4.78 is 7.22. The number of ether oxygens (including phenoxy) is 1. The van der Waals surface area contributed by atoms with Crippen molar-refractivity contribution in [3.63, 3.8) is 0 Å². The molecule has 0 fully saturated rings. The normalized spacial score (nSPS) is 15.7. The summed E-state index contributed by atoms with van der Waals surface area (Å²) in [6, 6.07) is 13.2. The fraction of sp³-hybridized carbons (Fsp3) is 0.182. The smallest absolute Gasteiger partial charge is 0.318 e. The van der Waals surface area contributed by atoms with E-state index in [1.165, 1.54) is 0 Å². The van der Waals surface area contributed by atoms with E-state index >= 15 is 0 Å². The highest BCUT2D eigenvalue weighted by atomic mass is 35.5. The molecule has 0 amide bonds. The van der Waals surface area contributed by atoms with Gasteiger partial charge < -0.3 is 9.84 Å². The van der Waals surface area contributed by atoms with E-state index in [0.29, 0.717) is 34.5 Å². The van der Waals surface area contributed by atoms with Crippen LogP contribution in [0.1, 0.15) is 12.5 Å². The SMILES string of the molecule is CCOc1ncc2c(n1)N(c1ccc(Cl)cc1)C(O)C(c1ccc3nn(C)cc3c1)=N2. The van der Waals surface area contributed by atoms with Gasteiger partial charge in [-0.25, -0.2) is 9.98 Å². The lowest BCUT2D eigenvalue weighted by Crippen LogP contribution is -2.41. The zero-order valence-electron chi connectivity index (χ0n) is 16.9. The van der Waals surface area contributed by atoms with Gasteiger partial charge in [0.25, 0.3) is 0 Å². The molecule has 8 nitrogen and oxygen atoms in total. The number of nitrogens with zero attached hydrogens (tertiary/aromatic N) is 6. The zero-order valence-corrected chi connectivity index (χ0v) is 17.7. The molecule has 0 radical (unpaired) electrons. The van der Waals surface area contributed by atoms with E-state index < -0.39 is 6.23 Å². The number of rotatable bonds is 4.